The van der Waals surface area contributed by atoms with Gasteiger partial charge in [-0.1, -0.05) is 26.7 Å². The smallest absolute Gasteiger partial charge is 0.00683 e. The first-order valence-electron chi connectivity index (χ1n) is 7.91. The molecule has 0 heterocycles. The van der Waals surface area contributed by atoms with Crippen molar-refractivity contribution in [2.24, 2.45) is 23.2 Å². The van der Waals surface area contributed by atoms with E-state index in [0.717, 1.165) is 29.2 Å². The lowest BCUT2D eigenvalue weighted by Crippen LogP contribution is -2.25. The molecule has 1 heteroatoms. The Morgan fingerprint density at radius 3 is 2.71 bits per heavy atom. The molecule has 1 nitrogen and oxygen atoms in total. The Morgan fingerprint density at radius 1 is 1.18 bits per heavy atom. The summed E-state index contributed by atoms with van der Waals surface area (Å²) in [5.74, 6) is 2.99. The van der Waals surface area contributed by atoms with Gasteiger partial charge in [0.05, 0.1) is 0 Å². The van der Waals surface area contributed by atoms with Crippen LogP contribution in [-0.2, 0) is 0 Å². The van der Waals surface area contributed by atoms with Gasteiger partial charge in [-0.3, -0.25) is 0 Å². The molecule has 3 unspecified atom stereocenters. The van der Waals surface area contributed by atoms with Gasteiger partial charge in [-0.05, 0) is 68.2 Å². The molecule has 17 heavy (non-hydrogen) atoms. The molecular formula is C16H29N. The average Bonchev–Trinajstić information content (AvgIpc) is 3.13. The normalized spacial score (nSPS) is 41.1. The van der Waals surface area contributed by atoms with Crippen LogP contribution in [0.15, 0.2) is 0 Å². The van der Waals surface area contributed by atoms with Gasteiger partial charge in [0.1, 0.15) is 0 Å². The maximum Gasteiger partial charge on any atom is 0.00683 e. The van der Waals surface area contributed by atoms with Crippen LogP contribution < -0.4 is 5.32 Å². The molecule has 3 aliphatic rings. The Bertz CT molecular complexity index is 269. The molecule has 0 aliphatic heterocycles. The maximum absolute atomic E-state index is 3.75. The van der Waals surface area contributed by atoms with Gasteiger partial charge in [0.15, 0.2) is 0 Å². The van der Waals surface area contributed by atoms with Gasteiger partial charge in [-0.15, -0.1) is 0 Å². The molecule has 0 radical (unpaired) electrons. The minimum absolute atomic E-state index is 0.805. The summed E-state index contributed by atoms with van der Waals surface area (Å²) in [4.78, 5) is 0. The molecule has 1 N–H and O–H groups in total. The second-order valence-electron chi connectivity index (χ2n) is 7.54. The molecule has 98 valence electrons. The average molecular weight is 235 g/mol. The van der Waals surface area contributed by atoms with Crippen molar-refractivity contribution in [3.8, 4) is 0 Å². The van der Waals surface area contributed by atoms with Gasteiger partial charge in [0.25, 0.3) is 0 Å². The topological polar surface area (TPSA) is 12.0 Å². The molecule has 0 aromatic rings. The summed E-state index contributed by atoms with van der Waals surface area (Å²) in [7, 11) is 0. The maximum atomic E-state index is 3.75. The predicted molar refractivity (Wildman–Crippen MR) is 73.0 cm³/mol. The lowest BCUT2D eigenvalue weighted by atomic mass is 9.75. The summed E-state index contributed by atoms with van der Waals surface area (Å²) in [6, 6.07) is 0.905. The van der Waals surface area contributed by atoms with Gasteiger partial charge in [0, 0.05) is 6.04 Å². The SMILES string of the molecule is CC(C)CC1CCCC2(C1)CC2CNC1CC1. The summed E-state index contributed by atoms with van der Waals surface area (Å²) in [5.41, 5.74) is 0.805. The van der Waals surface area contributed by atoms with Crippen molar-refractivity contribution in [1.29, 1.82) is 0 Å². The lowest BCUT2D eigenvalue weighted by molar-refractivity contribution is 0.203. The number of hydrogen-bond donors (Lipinski definition) is 1. The highest BCUT2D eigenvalue weighted by Crippen LogP contribution is 2.62. The molecule has 0 aromatic carbocycles. The molecule has 0 aromatic heterocycles. The van der Waals surface area contributed by atoms with Crippen LogP contribution in [0, 0.1) is 23.2 Å². The second-order valence-corrected chi connectivity index (χ2v) is 7.54. The fraction of sp³-hybridized carbons (Fsp3) is 1.00. The largest absolute Gasteiger partial charge is 0.314 e. The molecule has 0 amide bonds. The van der Waals surface area contributed by atoms with Crippen LogP contribution in [0.2, 0.25) is 0 Å². The zero-order valence-corrected chi connectivity index (χ0v) is 11.7. The first-order chi connectivity index (χ1) is 8.18. The van der Waals surface area contributed by atoms with E-state index in [1.54, 1.807) is 19.3 Å². The summed E-state index contributed by atoms with van der Waals surface area (Å²) in [6.07, 6.45) is 12.0. The Labute approximate surface area is 107 Å². The standard InChI is InChI=1S/C16H29N/c1-12(2)8-13-4-3-7-16(9-13)10-14(16)11-17-15-5-6-15/h12-15,17H,3-11H2,1-2H3. The fourth-order valence-corrected chi connectivity index (χ4v) is 4.26. The van der Waals surface area contributed by atoms with Gasteiger partial charge < -0.3 is 5.32 Å². The van der Waals surface area contributed by atoms with Crippen molar-refractivity contribution < 1.29 is 0 Å². The van der Waals surface area contributed by atoms with Crippen molar-refractivity contribution >= 4 is 0 Å². The van der Waals surface area contributed by atoms with E-state index in [4.69, 9.17) is 0 Å². The van der Waals surface area contributed by atoms with Crippen LogP contribution in [0.25, 0.3) is 0 Å². The van der Waals surface area contributed by atoms with Crippen molar-refractivity contribution in [3.05, 3.63) is 0 Å². The monoisotopic (exact) mass is 235 g/mol. The number of rotatable bonds is 5. The van der Waals surface area contributed by atoms with E-state index < -0.39 is 0 Å². The van der Waals surface area contributed by atoms with Crippen molar-refractivity contribution in [1.82, 2.24) is 5.32 Å². The van der Waals surface area contributed by atoms with E-state index in [9.17, 15) is 0 Å². The van der Waals surface area contributed by atoms with Crippen LogP contribution in [0.1, 0.15) is 65.2 Å². The molecule has 3 atom stereocenters. The van der Waals surface area contributed by atoms with Crippen LogP contribution >= 0.6 is 0 Å². The molecule has 3 rings (SSSR count). The van der Waals surface area contributed by atoms with E-state index in [2.05, 4.69) is 19.2 Å². The minimum Gasteiger partial charge on any atom is -0.314 e. The molecule has 1 spiro atoms. The van der Waals surface area contributed by atoms with Gasteiger partial charge in [0.2, 0.25) is 0 Å². The zero-order chi connectivity index (χ0) is 11.9. The molecule has 0 bridgehead atoms. The Hall–Kier alpha value is -0.0400. The van der Waals surface area contributed by atoms with Gasteiger partial charge >= 0.3 is 0 Å². The van der Waals surface area contributed by atoms with E-state index in [1.807, 2.05) is 0 Å². The first kappa shape index (κ1) is 12.0. The molecule has 3 aliphatic carbocycles. The van der Waals surface area contributed by atoms with Crippen LogP contribution in [-0.4, -0.2) is 12.6 Å². The number of hydrogen-bond acceptors (Lipinski definition) is 1. The lowest BCUT2D eigenvalue weighted by Gasteiger charge is -2.31. The van der Waals surface area contributed by atoms with Crippen LogP contribution in [0.5, 0.6) is 0 Å². The molecular weight excluding hydrogens is 206 g/mol. The highest BCUT2D eigenvalue weighted by molar-refractivity contribution is 5.06. The summed E-state index contributed by atoms with van der Waals surface area (Å²) < 4.78 is 0. The van der Waals surface area contributed by atoms with Crippen LogP contribution in [0.3, 0.4) is 0 Å². The van der Waals surface area contributed by atoms with E-state index >= 15 is 0 Å². The Morgan fingerprint density at radius 2 is 2.00 bits per heavy atom. The predicted octanol–water partition coefficient (Wildman–Crippen LogP) is 3.98. The van der Waals surface area contributed by atoms with Crippen LogP contribution in [0.4, 0.5) is 0 Å². The van der Waals surface area contributed by atoms with E-state index in [-0.39, 0.29) is 0 Å². The highest BCUT2D eigenvalue weighted by Gasteiger charge is 2.55. The first-order valence-corrected chi connectivity index (χ1v) is 7.91. The summed E-state index contributed by atoms with van der Waals surface area (Å²) in [6.45, 7) is 6.11. The summed E-state index contributed by atoms with van der Waals surface area (Å²) in [5, 5.41) is 3.75. The van der Waals surface area contributed by atoms with Gasteiger partial charge in [-0.2, -0.15) is 0 Å². The molecule has 0 saturated heterocycles. The third-order valence-electron chi connectivity index (χ3n) is 5.38. The summed E-state index contributed by atoms with van der Waals surface area (Å²) >= 11 is 0. The third kappa shape index (κ3) is 2.86. The van der Waals surface area contributed by atoms with Crippen molar-refractivity contribution in [2.45, 2.75) is 71.3 Å². The fourth-order valence-electron chi connectivity index (χ4n) is 4.26. The molecule has 3 fully saturated rings. The quantitative estimate of drug-likeness (QED) is 0.760. The third-order valence-corrected chi connectivity index (χ3v) is 5.38. The molecule has 3 saturated carbocycles. The van der Waals surface area contributed by atoms with Crippen molar-refractivity contribution in [2.75, 3.05) is 6.54 Å². The van der Waals surface area contributed by atoms with E-state index in [0.29, 0.717) is 0 Å². The second kappa shape index (κ2) is 4.57. The Balaban J connectivity index is 1.46. The van der Waals surface area contributed by atoms with Crippen molar-refractivity contribution in [3.63, 3.8) is 0 Å². The highest BCUT2D eigenvalue weighted by atomic mass is 15.0. The Kier molecular flexibility index (Phi) is 3.23. The number of nitrogens with one attached hydrogen (secondary N) is 1. The minimum atomic E-state index is 0.805. The zero-order valence-electron chi connectivity index (χ0n) is 11.7. The van der Waals surface area contributed by atoms with E-state index in [1.165, 1.54) is 38.6 Å². The van der Waals surface area contributed by atoms with Gasteiger partial charge in [-0.25, -0.2) is 0 Å².